The fourth-order valence-corrected chi connectivity index (χ4v) is 6.59. The van der Waals surface area contributed by atoms with E-state index in [9.17, 15) is 9.90 Å². The van der Waals surface area contributed by atoms with Crippen LogP contribution >= 0.6 is 0 Å². The summed E-state index contributed by atoms with van der Waals surface area (Å²) < 4.78 is 0. The first-order valence-electron chi connectivity index (χ1n) is 10.8. The van der Waals surface area contributed by atoms with E-state index in [1.54, 1.807) is 0 Å². The highest BCUT2D eigenvalue weighted by molar-refractivity contribution is 5.93. The van der Waals surface area contributed by atoms with Gasteiger partial charge in [-0.3, -0.25) is 4.79 Å². The van der Waals surface area contributed by atoms with Crippen molar-refractivity contribution in [1.29, 1.82) is 0 Å². The van der Waals surface area contributed by atoms with E-state index in [1.165, 1.54) is 19.3 Å². The molecule has 1 aliphatic heterocycles. The minimum absolute atomic E-state index is 0.0500. The summed E-state index contributed by atoms with van der Waals surface area (Å²) in [5, 5.41) is 14.1. The van der Waals surface area contributed by atoms with Crippen LogP contribution in [0.4, 0.5) is 5.82 Å². The minimum Gasteiger partial charge on any atom is -0.390 e. The lowest BCUT2D eigenvalue weighted by Crippen LogP contribution is -2.61. The Kier molecular flexibility index (Phi) is 4.19. The Balaban J connectivity index is 1.31. The molecule has 1 amide bonds. The highest BCUT2D eigenvalue weighted by Gasteiger charge is 2.55. The highest BCUT2D eigenvalue weighted by Crippen LogP contribution is 2.55. The molecule has 1 saturated heterocycles. The first kappa shape index (κ1) is 17.5. The van der Waals surface area contributed by atoms with Gasteiger partial charge in [0.1, 0.15) is 11.5 Å². The van der Waals surface area contributed by atoms with Crippen molar-refractivity contribution in [2.45, 2.75) is 76.0 Å². The number of hydrogen-bond acceptors (Lipinski definition) is 4. The molecule has 4 aliphatic carbocycles. The summed E-state index contributed by atoms with van der Waals surface area (Å²) in [6.45, 7) is 3.26. The van der Waals surface area contributed by atoms with E-state index in [0.29, 0.717) is 29.5 Å². The fourth-order valence-electron chi connectivity index (χ4n) is 6.59. The topological polar surface area (TPSA) is 65.5 Å². The summed E-state index contributed by atoms with van der Waals surface area (Å²) in [7, 11) is 0. The maximum absolute atomic E-state index is 13.0. The highest BCUT2D eigenvalue weighted by atomic mass is 16.3. The van der Waals surface area contributed by atoms with Gasteiger partial charge in [-0.1, -0.05) is 6.07 Å². The van der Waals surface area contributed by atoms with Gasteiger partial charge in [0.2, 0.25) is 0 Å². The molecule has 2 N–H and O–H groups in total. The molecule has 6 rings (SSSR count). The van der Waals surface area contributed by atoms with Crippen molar-refractivity contribution in [1.82, 2.24) is 10.3 Å². The van der Waals surface area contributed by atoms with Crippen molar-refractivity contribution >= 4 is 11.7 Å². The number of aromatic nitrogens is 1. The van der Waals surface area contributed by atoms with Crippen LogP contribution in [0.3, 0.4) is 0 Å². The molecular formula is C22H31N3O2. The molecule has 5 aliphatic rings. The average molecular weight is 370 g/mol. The van der Waals surface area contributed by atoms with Crippen LogP contribution in [0.5, 0.6) is 0 Å². The summed E-state index contributed by atoms with van der Waals surface area (Å²) in [6, 6.07) is 6.50. The molecule has 5 fully saturated rings. The molecule has 2 heterocycles. The van der Waals surface area contributed by atoms with Crippen LogP contribution < -0.4 is 10.2 Å². The number of carbonyl (C=O) groups is 1. The van der Waals surface area contributed by atoms with Crippen LogP contribution in [-0.2, 0) is 0 Å². The number of rotatable bonds is 3. The third kappa shape index (κ3) is 3.14. The van der Waals surface area contributed by atoms with Gasteiger partial charge in [-0.15, -0.1) is 0 Å². The van der Waals surface area contributed by atoms with E-state index in [0.717, 1.165) is 44.5 Å². The molecule has 0 aromatic carbocycles. The lowest BCUT2D eigenvalue weighted by atomic mass is 9.52. The van der Waals surface area contributed by atoms with E-state index in [1.807, 2.05) is 18.2 Å². The van der Waals surface area contributed by atoms with Gasteiger partial charge in [-0.2, -0.15) is 0 Å². The Labute approximate surface area is 161 Å². The average Bonchev–Trinajstić information content (AvgIpc) is 2.64. The largest absolute Gasteiger partial charge is 0.390 e. The molecule has 27 heavy (non-hydrogen) atoms. The van der Waals surface area contributed by atoms with Crippen LogP contribution in [0.25, 0.3) is 0 Å². The number of anilines is 1. The Morgan fingerprint density at radius 1 is 1.22 bits per heavy atom. The van der Waals surface area contributed by atoms with Crippen molar-refractivity contribution in [2.75, 3.05) is 11.4 Å². The number of piperidine rings is 1. The second-order valence-corrected chi connectivity index (χ2v) is 9.61. The van der Waals surface area contributed by atoms with E-state index in [4.69, 9.17) is 4.98 Å². The standard InChI is InChI=1S/C22H31N3O2/c1-14-5-2-3-8-25(14)19-7-4-6-18(23-19)21(26)24-20-16-9-15-10-17(20)13-22(27,11-15)12-16/h4,6-7,14-17,20,27H,2-3,5,8-13H2,1H3,(H,24,26)/t14?,15?,16?,17?,20-,22-. The second kappa shape index (κ2) is 6.47. The van der Waals surface area contributed by atoms with Gasteiger partial charge in [0.15, 0.2) is 0 Å². The molecule has 5 nitrogen and oxygen atoms in total. The molecule has 1 aromatic heterocycles. The summed E-state index contributed by atoms with van der Waals surface area (Å²) in [4.78, 5) is 20.0. The van der Waals surface area contributed by atoms with Gasteiger partial charge in [0.25, 0.3) is 5.91 Å². The number of aliphatic hydroxyl groups is 1. The first-order chi connectivity index (χ1) is 13.0. The minimum atomic E-state index is -0.458. The summed E-state index contributed by atoms with van der Waals surface area (Å²) in [6.07, 6.45) is 8.64. The van der Waals surface area contributed by atoms with Crippen molar-refractivity contribution in [2.24, 2.45) is 17.8 Å². The summed E-state index contributed by atoms with van der Waals surface area (Å²) >= 11 is 0. The summed E-state index contributed by atoms with van der Waals surface area (Å²) in [5.41, 5.74) is 0.0677. The van der Waals surface area contributed by atoms with Gasteiger partial charge >= 0.3 is 0 Å². The molecule has 1 aromatic rings. The SMILES string of the molecule is CC1CCCCN1c1cccc(C(=O)N[C@H]2C3CC4CC2C[C@](O)(C4)C3)n1. The first-order valence-corrected chi connectivity index (χ1v) is 10.8. The molecule has 146 valence electrons. The van der Waals surface area contributed by atoms with Gasteiger partial charge < -0.3 is 15.3 Å². The van der Waals surface area contributed by atoms with E-state index >= 15 is 0 Å². The number of nitrogens with zero attached hydrogens (tertiary/aromatic N) is 2. The second-order valence-electron chi connectivity index (χ2n) is 9.61. The molecule has 4 saturated carbocycles. The normalized spacial score (nSPS) is 40.2. The smallest absolute Gasteiger partial charge is 0.270 e. The van der Waals surface area contributed by atoms with Gasteiger partial charge in [-0.05, 0) is 88.2 Å². The summed E-state index contributed by atoms with van der Waals surface area (Å²) in [5.74, 6) is 2.38. The van der Waals surface area contributed by atoms with E-state index in [-0.39, 0.29) is 11.9 Å². The third-order valence-electron chi connectivity index (χ3n) is 7.60. The predicted octanol–water partition coefficient (Wildman–Crippen LogP) is 3.13. The number of hydrogen-bond donors (Lipinski definition) is 2. The van der Waals surface area contributed by atoms with Crippen molar-refractivity contribution in [3.05, 3.63) is 23.9 Å². The number of nitrogens with one attached hydrogen (secondary N) is 1. The zero-order valence-corrected chi connectivity index (χ0v) is 16.2. The van der Waals surface area contributed by atoms with Gasteiger partial charge in [-0.25, -0.2) is 4.98 Å². The van der Waals surface area contributed by atoms with Crippen molar-refractivity contribution < 1.29 is 9.90 Å². The zero-order chi connectivity index (χ0) is 18.6. The molecule has 4 bridgehead atoms. The van der Waals surface area contributed by atoms with E-state index < -0.39 is 5.60 Å². The fraction of sp³-hybridized carbons (Fsp3) is 0.727. The van der Waals surface area contributed by atoms with E-state index in [2.05, 4.69) is 17.1 Å². The lowest BCUT2D eigenvalue weighted by molar-refractivity contribution is -0.136. The Morgan fingerprint density at radius 3 is 2.70 bits per heavy atom. The van der Waals surface area contributed by atoms with Crippen molar-refractivity contribution in [3.63, 3.8) is 0 Å². The Morgan fingerprint density at radius 2 is 2.00 bits per heavy atom. The van der Waals surface area contributed by atoms with Crippen LogP contribution in [0.2, 0.25) is 0 Å². The van der Waals surface area contributed by atoms with Crippen LogP contribution in [0, 0.1) is 17.8 Å². The molecular weight excluding hydrogens is 338 g/mol. The van der Waals surface area contributed by atoms with Crippen LogP contribution in [-0.4, -0.2) is 40.2 Å². The third-order valence-corrected chi connectivity index (χ3v) is 7.60. The van der Waals surface area contributed by atoms with Crippen LogP contribution in [0.1, 0.15) is 68.8 Å². The quantitative estimate of drug-likeness (QED) is 0.859. The maximum Gasteiger partial charge on any atom is 0.270 e. The maximum atomic E-state index is 13.0. The number of amides is 1. The molecule has 0 spiro atoms. The number of pyridine rings is 1. The molecule has 5 heteroatoms. The zero-order valence-electron chi connectivity index (χ0n) is 16.2. The van der Waals surface area contributed by atoms with Gasteiger partial charge in [0, 0.05) is 18.6 Å². The number of carbonyl (C=O) groups excluding carboxylic acids is 1. The van der Waals surface area contributed by atoms with Gasteiger partial charge in [0.05, 0.1) is 5.60 Å². The Hall–Kier alpha value is -1.62. The van der Waals surface area contributed by atoms with Crippen molar-refractivity contribution in [3.8, 4) is 0 Å². The Bertz CT molecular complexity index is 720. The predicted molar refractivity (Wildman–Crippen MR) is 105 cm³/mol. The molecule has 3 atom stereocenters. The lowest BCUT2D eigenvalue weighted by Gasteiger charge is -2.58. The molecule has 3 unspecified atom stereocenters. The molecule has 0 radical (unpaired) electrons. The van der Waals surface area contributed by atoms with Crippen LogP contribution in [0.15, 0.2) is 18.2 Å². The monoisotopic (exact) mass is 369 g/mol.